The average molecular weight is 525 g/mol. The van der Waals surface area contributed by atoms with E-state index in [4.69, 9.17) is 15.0 Å². The third kappa shape index (κ3) is 5.30. The fourth-order valence-electron chi connectivity index (χ4n) is 5.49. The SMILES string of the molecule is Cc1nc(NCC2CC2)nc(N[C@@H]2C[C@H](CC(C)(C)O)[C@@H](O)[C@H]2O)c1-c1nc2c(C3CC3)nccc2s1. The van der Waals surface area contributed by atoms with E-state index in [-0.39, 0.29) is 5.92 Å². The topological polar surface area (TPSA) is 136 Å². The van der Waals surface area contributed by atoms with Gasteiger partial charge in [-0.25, -0.2) is 9.97 Å². The maximum absolute atomic E-state index is 10.9. The molecule has 198 valence electrons. The summed E-state index contributed by atoms with van der Waals surface area (Å²) in [4.78, 5) is 19.3. The fourth-order valence-corrected chi connectivity index (χ4v) is 6.56. The second kappa shape index (κ2) is 9.41. The molecule has 0 radical (unpaired) electrons. The Morgan fingerprint density at radius 1 is 1.08 bits per heavy atom. The Morgan fingerprint density at radius 3 is 2.57 bits per heavy atom. The van der Waals surface area contributed by atoms with Gasteiger partial charge in [-0.3, -0.25) is 4.98 Å². The van der Waals surface area contributed by atoms with E-state index in [1.165, 1.54) is 12.8 Å². The van der Waals surface area contributed by atoms with E-state index in [0.29, 0.717) is 36.4 Å². The average Bonchev–Trinajstić information content (AvgIpc) is 3.76. The lowest BCUT2D eigenvalue weighted by atomic mass is 9.91. The summed E-state index contributed by atoms with van der Waals surface area (Å²) in [5.74, 6) is 2.10. The Hall–Kier alpha value is -2.40. The van der Waals surface area contributed by atoms with Crippen molar-refractivity contribution in [3.05, 3.63) is 23.7 Å². The first-order valence-corrected chi connectivity index (χ1v) is 14.2. The number of hydrogen-bond acceptors (Lipinski definition) is 10. The molecule has 6 rings (SSSR count). The van der Waals surface area contributed by atoms with Crippen LogP contribution in [0, 0.1) is 18.8 Å². The zero-order valence-corrected chi connectivity index (χ0v) is 22.4. The fraction of sp³-hybridized carbons (Fsp3) is 0.630. The molecule has 3 aliphatic carbocycles. The summed E-state index contributed by atoms with van der Waals surface area (Å²) in [7, 11) is 0. The van der Waals surface area contributed by atoms with Crippen LogP contribution in [0.4, 0.5) is 11.8 Å². The Kier molecular flexibility index (Phi) is 6.34. The van der Waals surface area contributed by atoms with Crippen molar-refractivity contribution < 1.29 is 15.3 Å². The van der Waals surface area contributed by atoms with Crippen molar-refractivity contribution in [1.29, 1.82) is 0 Å². The number of nitrogens with one attached hydrogen (secondary N) is 2. The normalized spacial score (nSPS) is 26.1. The molecule has 0 spiro atoms. The molecule has 37 heavy (non-hydrogen) atoms. The minimum absolute atomic E-state index is 0.221. The molecule has 3 aromatic rings. The molecule has 0 unspecified atom stereocenters. The van der Waals surface area contributed by atoms with Crippen LogP contribution in [0.1, 0.15) is 69.7 Å². The third-order valence-corrected chi connectivity index (χ3v) is 8.77. The number of fused-ring (bicyclic) bond motifs is 1. The Labute approximate surface area is 220 Å². The first-order valence-electron chi connectivity index (χ1n) is 13.4. The predicted molar refractivity (Wildman–Crippen MR) is 145 cm³/mol. The lowest BCUT2D eigenvalue weighted by Crippen LogP contribution is -2.36. The van der Waals surface area contributed by atoms with Crippen molar-refractivity contribution in [2.45, 2.75) is 89.1 Å². The second-order valence-electron chi connectivity index (χ2n) is 11.8. The number of aliphatic hydroxyl groups excluding tert-OH is 2. The van der Waals surface area contributed by atoms with E-state index in [0.717, 1.165) is 51.6 Å². The molecule has 3 fully saturated rings. The highest BCUT2D eigenvalue weighted by Gasteiger charge is 2.43. The van der Waals surface area contributed by atoms with Crippen LogP contribution in [0.5, 0.6) is 0 Å². The quantitative estimate of drug-likeness (QED) is 0.283. The minimum Gasteiger partial charge on any atom is -0.390 e. The van der Waals surface area contributed by atoms with Crippen molar-refractivity contribution in [3.8, 4) is 10.6 Å². The summed E-state index contributed by atoms with van der Waals surface area (Å²) < 4.78 is 1.09. The largest absolute Gasteiger partial charge is 0.390 e. The van der Waals surface area contributed by atoms with Gasteiger partial charge < -0.3 is 26.0 Å². The molecule has 3 aliphatic rings. The number of pyridine rings is 1. The summed E-state index contributed by atoms with van der Waals surface area (Å²) in [6.45, 7) is 6.27. The first-order chi connectivity index (χ1) is 17.7. The zero-order valence-electron chi connectivity index (χ0n) is 21.6. The van der Waals surface area contributed by atoms with Crippen LogP contribution < -0.4 is 10.6 Å². The standard InChI is InChI=1S/C27H36N6O3S/c1-13-19(25-32-21-18(37-25)8-9-28-20(21)15-6-7-15)24(33-26(30-13)29-12-14-4-5-14)31-17-10-16(11-27(2,3)36)22(34)23(17)35/h8-9,14-17,22-23,34-36H,4-7,10-12H2,1-3H3,(H2,29,30,31,33)/t16-,17-,22-,23+/m1/s1. The highest BCUT2D eigenvalue weighted by atomic mass is 32.1. The lowest BCUT2D eigenvalue weighted by molar-refractivity contribution is -0.0132. The smallest absolute Gasteiger partial charge is 0.224 e. The molecule has 0 amide bonds. The molecule has 4 atom stereocenters. The van der Waals surface area contributed by atoms with E-state index in [1.54, 1.807) is 25.2 Å². The number of aromatic nitrogens is 4. The van der Waals surface area contributed by atoms with Gasteiger partial charge in [0.05, 0.1) is 39.4 Å². The number of nitrogens with zero attached hydrogens (tertiary/aromatic N) is 4. The Balaban J connectivity index is 1.36. The third-order valence-electron chi connectivity index (χ3n) is 7.73. The molecular formula is C27H36N6O3S. The summed E-state index contributed by atoms with van der Waals surface area (Å²) in [6, 6.07) is 1.60. The van der Waals surface area contributed by atoms with Crippen molar-refractivity contribution in [2.75, 3.05) is 17.2 Å². The van der Waals surface area contributed by atoms with Gasteiger partial charge in [0.15, 0.2) is 0 Å². The summed E-state index contributed by atoms with van der Waals surface area (Å²) in [5, 5.41) is 39.6. The molecule has 3 aromatic heterocycles. The molecule has 3 heterocycles. The highest BCUT2D eigenvalue weighted by molar-refractivity contribution is 7.21. The second-order valence-corrected chi connectivity index (χ2v) is 12.8. The monoisotopic (exact) mass is 524 g/mol. The summed E-state index contributed by atoms with van der Waals surface area (Å²) in [6.07, 6.45) is 5.67. The summed E-state index contributed by atoms with van der Waals surface area (Å²) >= 11 is 1.60. The predicted octanol–water partition coefficient (Wildman–Crippen LogP) is 3.84. The maximum Gasteiger partial charge on any atom is 0.224 e. The first kappa shape index (κ1) is 24.9. The van der Waals surface area contributed by atoms with Crippen LogP contribution in [0.25, 0.3) is 20.8 Å². The van der Waals surface area contributed by atoms with Gasteiger partial charge in [0.1, 0.15) is 22.4 Å². The van der Waals surface area contributed by atoms with Gasteiger partial charge >= 0.3 is 0 Å². The van der Waals surface area contributed by atoms with Crippen LogP contribution in [-0.4, -0.2) is 65.7 Å². The molecule has 0 aromatic carbocycles. The molecular weight excluding hydrogens is 488 g/mol. The molecule has 0 aliphatic heterocycles. The van der Waals surface area contributed by atoms with E-state index < -0.39 is 23.9 Å². The summed E-state index contributed by atoms with van der Waals surface area (Å²) in [5.41, 5.74) is 2.71. The van der Waals surface area contributed by atoms with Gasteiger partial charge in [-0.1, -0.05) is 0 Å². The van der Waals surface area contributed by atoms with Gasteiger partial charge in [-0.15, -0.1) is 11.3 Å². The number of hydrogen-bond donors (Lipinski definition) is 5. The van der Waals surface area contributed by atoms with E-state index in [2.05, 4.69) is 15.6 Å². The number of aryl methyl sites for hydroxylation is 1. The Bertz CT molecular complexity index is 1300. The van der Waals surface area contributed by atoms with Gasteiger partial charge in [-0.05, 0) is 77.2 Å². The van der Waals surface area contributed by atoms with Crippen LogP contribution >= 0.6 is 11.3 Å². The minimum atomic E-state index is -0.973. The number of thiazole rings is 1. The van der Waals surface area contributed by atoms with Gasteiger partial charge in [0.25, 0.3) is 0 Å². The zero-order chi connectivity index (χ0) is 25.9. The van der Waals surface area contributed by atoms with Crippen molar-refractivity contribution in [2.24, 2.45) is 11.8 Å². The van der Waals surface area contributed by atoms with Crippen LogP contribution in [-0.2, 0) is 0 Å². The van der Waals surface area contributed by atoms with E-state index >= 15 is 0 Å². The number of anilines is 2. The van der Waals surface area contributed by atoms with E-state index in [1.807, 2.05) is 19.2 Å². The van der Waals surface area contributed by atoms with Gasteiger partial charge in [0, 0.05) is 18.7 Å². The lowest BCUT2D eigenvalue weighted by Gasteiger charge is -2.24. The molecule has 0 bridgehead atoms. The number of aliphatic hydroxyl groups is 3. The molecule has 9 nitrogen and oxygen atoms in total. The van der Waals surface area contributed by atoms with Gasteiger partial charge in [0.2, 0.25) is 5.95 Å². The molecule has 3 saturated carbocycles. The van der Waals surface area contributed by atoms with Crippen molar-refractivity contribution in [3.63, 3.8) is 0 Å². The van der Waals surface area contributed by atoms with Crippen molar-refractivity contribution in [1.82, 2.24) is 19.9 Å². The number of rotatable bonds is 9. The van der Waals surface area contributed by atoms with Crippen LogP contribution in [0.15, 0.2) is 12.3 Å². The van der Waals surface area contributed by atoms with Crippen molar-refractivity contribution >= 4 is 33.3 Å². The van der Waals surface area contributed by atoms with Crippen LogP contribution in [0.2, 0.25) is 0 Å². The Morgan fingerprint density at radius 2 is 1.86 bits per heavy atom. The van der Waals surface area contributed by atoms with E-state index in [9.17, 15) is 15.3 Å². The highest BCUT2D eigenvalue weighted by Crippen LogP contribution is 2.45. The van der Waals surface area contributed by atoms with Gasteiger partial charge in [-0.2, -0.15) is 4.98 Å². The van der Waals surface area contributed by atoms with Crippen LogP contribution in [0.3, 0.4) is 0 Å². The molecule has 10 heteroatoms. The molecule has 0 saturated heterocycles. The maximum atomic E-state index is 10.9. The molecule has 5 N–H and O–H groups in total.